The van der Waals surface area contributed by atoms with Crippen LogP contribution in [0, 0.1) is 23.2 Å². The maximum Gasteiger partial charge on any atom is 0.338 e. The van der Waals surface area contributed by atoms with Gasteiger partial charge in [0, 0.05) is 20.3 Å². The SMILES string of the molecule is CC[C@@H](C)C(=O)OC[C@]12[C@@H](OC(=O)[C@H](C)CC)[C@H](OC(=O)c3ccccc3)[C@@H]3[C@@H](OC(C)=O)[C@]1(OC3(C)C)[C@@](C)(O)C[C@H](OC(C)=O)[C@@H]2OC(=O)c1ccccc1. The lowest BCUT2D eigenvalue weighted by atomic mass is 9.45. The van der Waals surface area contributed by atoms with Gasteiger partial charge >= 0.3 is 35.8 Å². The van der Waals surface area contributed by atoms with Gasteiger partial charge in [-0.05, 0) is 57.9 Å². The molecular weight excluding hydrogens is 740 g/mol. The topological polar surface area (TPSA) is 187 Å². The van der Waals surface area contributed by atoms with Crippen LogP contribution in [0.5, 0.6) is 0 Å². The van der Waals surface area contributed by atoms with Crippen LogP contribution >= 0.6 is 0 Å². The largest absolute Gasteiger partial charge is 0.464 e. The summed E-state index contributed by atoms with van der Waals surface area (Å²) in [5.74, 6) is -7.44. The average Bonchev–Trinajstić information content (AvgIpc) is 3.37. The van der Waals surface area contributed by atoms with Crippen molar-refractivity contribution in [1.29, 1.82) is 0 Å². The summed E-state index contributed by atoms with van der Waals surface area (Å²) in [5.41, 5.74) is -8.08. The molecule has 2 aliphatic carbocycles. The molecule has 2 saturated carbocycles. The van der Waals surface area contributed by atoms with Crippen LogP contribution in [0.4, 0.5) is 0 Å². The summed E-state index contributed by atoms with van der Waals surface area (Å²) < 4.78 is 44.5. The summed E-state index contributed by atoms with van der Waals surface area (Å²) in [5, 5.41) is 13.0. The third-order valence-electron chi connectivity index (χ3n) is 11.9. The monoisotopic (exact) mass is 794 g/mol. The molecule has 5 rings (SSSR count). The second-order valence-corrected chi connectivity index (χ2v) is 16.2. The number of rotatable bonds is 13. The van der Waals surface area contributed by atoms with Crippen molar-refractivity contribution in [3.63, 3.8) is 0 Å². The fraction of sp³-hybridized carbons (Fsp3) is 0.581. The zero-order valence-corrected chi connectivity index (χ0v) is 34.0. The minimum Gasteiger partial charge on any atom is -0.464 e. The Labute approximate surface area is 332 Å². The maximum atomic E-state index is 14.3. The number of fused-ring (bicyclic) bond motifs is 1. The van der Waals surface area contributed by atoms with Crippen molar-refractivity contribution in [2.45, 2.75) is 129 Å². The van der Waals surface area contributed by atoms with E-state index >= 15 is 0 Å². The van der Waals surface area contributed by atoms with Gasteiger partial charge in [-0.3, -0.25) is 19.2 Å². The molecule has 0 radical (unpaired) electrons. The van der Waals surface area contributed by atoms with Gasteiger partial charge < -0.3 is 38.3 Å². The lowest BCUT2D eigenvalue weighted by molar-refractivity contribution is -0.363. The number of aliphatic hydroxyl groups is 1. The Morgan fingerprint density at radius 3 is 1.72 bits per heavy atom. The first-order chi connectivity index (χ1) is 26.8. The van der Waals surface area contributed by atoms with Crippen LogP contribution in [0.1, 0.15) is 102 Å². The van der Waals surface area contributed by atoms with Crippen LogP contribution in [0.25, 0.3) is 0 Å². The van der Waals surface area contributed by atoms with E-state index in [9.17, 15) is 33.9 Å². The van der Waals surface area contributed by atoms with E-state index < -0.39 is 119 Å². The molecule has 1 heterocycles. The van der Waals surface area contributed by atoms with Gasteiger partial charge in [-0.25, -0.2) is 9.59 Å². The fourth-order valence-corrected chi connectivity index (χ4v) is 8.89. The second-order valence-electron chi connectivity index (χ2n) is 16.2. The minimum atomic E-state index is -2.34. The highest BCUT2D eigenvalue weighted by atomic mass is 16.7. The third-order valence-corrected chi connectivity index (χ3v) is 11.9. The van der Waals surface area contributed by atoms with Gasteiger partial charge in [0.1, 0.15) is 30.3 Å². The van der Waals surface area contributed by atoms with E-state index in [-0.39, 0.29) is 11.1 Å². The maximum absolute atomic E-state index is 14.3. The van der Waals surface area contributed by atoms with Gasteiger partial charge in [-0.15, -0.1) is 0 Å². The molecular formula is C43H54O14. The summed E-state index contributed by atoms with van der Waals surface area (Å²) in [6, 6.07) is 15.9. The van der Waals surface area contributed by atoms with E-state index in [1.165, 1.54) is 31.2 Å². The molecule has 0 amide bonds. The number of ether oxygens (including phenoxy) is 7. The fourth-order valence-electron chi connectivity index (χ4n) is 8.89. The first-order valence-electron chi connectivity index (χ1n) is 19.4. The molecule has 11 atom stereocenters. The van der Waals surface area contributed by atoms with Gasteiger partial charge in [-0.1, -0.05) is 64.1 Å². The van der Waals surface area contributed by atoms with Crippen molar-refractivity contribution in [3.8, 4) is 0 Å². The molecule has 3 fully saturated rings. The number of benzene rings is 2. The van der Waals surface area contributed by atoms with Crippen molar-refractivity contribution in [2.24, 2.45) is 23.2 Å². The number of hydrogen-bond donors (Lipinski definition) is 1. The standard InChI is InChI=1S/C43H54O14/c1-10-24(3)36(46)51-23-42-33(55-39(49)29-20-16-13-17-21-29)30(52-26(5)44)22-41(9,50)43(42)34(53-27(6)45)31(40(7,8)57-43)32(35(42)56-37(47)25(4)11-2)54-38(48)28-18-14-12-15-19-28/h12-21,24-25,30-35,50H,10-11,22-23H2,1-9H3/t24-,25-,30+,31-,32-,33+,34-,35+,41+,42+,43+/m1/s1. The van der Waals surface area contributed by atoms with Gasteiger partial charge in [0.05, 0.1) is 40.1 Å². The van der Waals surface area contributed by atoms with E-state index in [0.717, 1.165) is 13.8 Å². The normalized spacial score (nSPS) is 32.0. The first kappa shape index (κ1) is 43.3. The van der Waals surface area contributed by atoms with Gasteiger partial charge in [0.25, 0.3) is 0 Å². The highest BCUT2D eigenvalue weighted by Gasteiger charge is 2.89. The lowest BCUT2D eigenvalue weighted by Gasteiger charge is -2.66. The van der Waals surface area contributed by atoms with Crippen molar-refractivity contribution in [3.05, 3.63) is 71.8 Å². The summed E-state index contributed by atoms with van der Waals surface area (Å²) >= 11 is 0. The molecule has 0 aromatic heterocycles. The minimum absolute atomic E-state index is 0.0790. The Bertz CT molecular complexity index is 1820. The van der Waals surface area contributed by atoms with Crippen molar-refractivity contribution in [2.75, 3.05) is 6.61 Å². The van der Waals surface area contributed by atoms with Crippen LogP contribution in [0.15, 0.2) is 60.7 Å². The van der Waals surface area contributed by atoms with E-state index in [2.05, 4.69) is 0 Å². The van der Waals surface area contributed by atoms with Crippen LogP contribution in [-0.4, -0.2) is 94.9 Å². The predicted molar refractivity (Wildman–Crippen MR) is 201 cm³/mol. The van der Waals surface area contributed by atoms with Crippen molar-refractivity contribution < 1.29 is 67.0 Å². The molecule has 310 valence electrons. The smallest absolute Gasteiger partial charge is 0.338 e. The van der Waals surface area contributed by atoms with E-state index in [1.807, 2.05) is 0 Å². The number of hydrogen-bond acceptors (Lipinski definition) is 14. The van der Waals surface area contributed by atoms with Crippen LogP contribution in [-0.2, 0) is 52.3 Å². The Kier molecular flexibility index (Phi) is 12.6. The zero-order valence-electron chi connectivity index (χ0n) is 34.0. The Hall–Kier alpha value is -4.82. The molecule has 2 aromatic rings. The molecule has 2 aromatic carbocycles. The highest BCUT2D eigenvalue weighted by molar-refractivity contribution is 5.90. The molecule has 0 unspecified atom stereocenters. The average molecular weight is 795 g/mol. The van der Waals surface area contributed by atoms with E-state index in [0.29, 0.717) is 12.8 Å². The summed E-state index contributed by atoms with van der Waals surface area (Å²) in [7, 11) is 0. The number of esters is 6. The van der Waals surface area contributed by atoms with Gasteiger partial charge in [0.2, 0.25) is 0 Å². The molecule has 1 spiro atoms. The van der Waals surface area contributed by atoms with Crippen molar-refractivity contribution >= 4 is 35.8 Å². The molecule has 1 N–H and O–H groups in total. The predicted octanol–water partition coefficient (Wildman–Crippen LogP) is 5.17. The Morgan fingerprint density at radius 1 is 0.702 bits per heavy atom. The van der Waals surface area contributed by atoms with Gasteiger partial charge in [-0.2, -0.15) is 0 Å². The van der Waals surface area contributed by atoms with Crippen LogP contribution in [0.2, 0.25) is 0 Å². The molecule has 3 aliphatic rings. The summed E-state index contributed by atoms with van der Waals surface area (Å²) in [6.07, 6.45) is -7.96. The second kappa shape index (κ2) is 16.6. The zero-order chi connectivity index (χ0) is 42.1. The third kappa shape index (κ3) is 7.77. The van der Waals surface area contributed by atoms with E-state index in [4.69, 9.17) is 33.2 Å². The summed E-state index contributed by atoms with van der Waals surface area (Å²) in [4.78, 5) is 82.6. The molecule has 2 bridgehead atoms. The van der Waals surface area contributed by atoms with E-state index in [1.54, 1.807) is 77.9 Å². The van der Waals surface area contributed by atoms with Crippen molar-refractivity contribution in [1.82, 2.24) is 0 Å². The Morgan fingerprint density at radius 2 is 1.21 bits per heavy atom. The van der Waals surface area contributed by atoms with Crippen LogP contribution < -0.4 is 0 Å². The highest BCUT2D eigenvalue weighted by Crippen LogP contribution is 2.69. The number of carbonyl (C=O) groups excluding carboxylic acids is 6. The molecule has 14 heteroatoms. The number of carbonyl (C=O) groups is 6. The lowest BCUT2D eigenvalue weighted by Crippen LogP contribution is -2.85. The Balaban J connectivity index is 1.93. The quantitative estimate of drug-likeness (QED) is 0.207. The molecule has 1 aliphatic heterocycles. The molecule has 14 nitrogen and oxygen atoms in total. The summed E-state index contributed by atoms with van der Waals surface area (Å²) in [6.45, 7) is 12.9. The van der Waals surface area contributed by atoms with Crippen LogP contribution in [0.3, 0.4) is 0 Å². The molecule has 1 saturated heterocycles. The molecule has 57 heavy (non-hydrogen) atoms. The first-order valence-corrected chi connectivity index (χ1v) is 19.4. The van der Waals surface area contributed by atoms with Gasteiger partial charge in [0.15, 0.2) is 17.8 Å².